The molecule has 2 heterocycles. The molecule has 0 saturated carbocycles. The smallest absolute Gasteiger partial charge is 0.311 e. The third kappa shape index (κ3) is 2.07. The number of ether oxygens (including phenoxy) is 1. The molecule has 0 radical (unpaired) electrons. The maximum absolute atomic E-state index is 11.4. The van der Waals surface area contributed by atoms with Crippen LogP contribution >= 0.6 is 22.6 Å². The molecule has 5 heteroatoms. The van der Waals surface area contributed by atoms with Crippen molar-refractivity contribution < 1.29 is 9.53 Å². The summed E-state index contributed by atoms with van der Waals surface area (Å²) < 4.78 is 5.74. The van der Waals surface area contributed by atoms with Crippen molar-refractivity contribution in [2.45, 2.75) is 6.42 Å². The van der Waals surface area contributed by atoms with Crippen molar-refractivity contribution in [2.75, 3.05) is 7.11 Å². The lowest BCUT2D eigenvalue weighted by molar-refractivity contribution is -0.139. The average molecular weight is 366 g/mol. The van der Waals surface area contributed by atoms with E-state index in [9.17, 15) is 4.79 Å². The zero-order valence-corrected chi connectivity index (χ0v) is 12.4. The van der Waals surface area contributed by atoms with E-state index >= 15 is 0 Å². The number of carbonyl (C=O) groups excluding carboxylic acids is 1. The summed E-state index contributed by atoms with van der Waals surface area (Å²) in [7, 11) is 1.40. The maximum Gasteiger partial charge on any atom is 0.311 e. The molecule has 0 fully saturated rings. The van der Waals surface area contributed by atoms with Gasteiger partial charge in [-0.05, 0) is 34.7 Å². The Kier molecular flexibility index (Phi) is 3.14. The largest absolute Gasteiger partial charge is 0.469 e. The van der Waals surface area contributed by atoms with Crippen LogP contribution in [0.3, 0.4) is 0 Å². The Labute approximate surface area is 123 Å². The standard InChI is InChI=1S/C14H11IN2O2/c1-19-11(18)7-10-13(15)12-9(17-10)5-4-8-3-2-6-16-14(8)12/h2-6,17H,7H2,1H3. The zero-order chi connectivity index (χ0) is 13.4. The van der Waals surface area contributed by atoms with Crippen LogP contribution in [0.25, 0.3) is 21.8 Å². The second-order valence-electron chi connectivity index (χ2n) is 4.23. The van der Waals surface area contributed by atoms with Gasteiger partial charge in [0.25, 0.3) is 0 Å². The van der Waals surface area contributed by atoms with Crippen LogP contribution in [0, 0.1) is 3.57 Å². The molecule has 0 aliphatic carbocycles. The monoisotopic (exact) mass is 366 g/mol. The summed E-state index contributed by atoms with van der Waals surface area (Å²) in [5.74, 6) is -0.248. The molecular formula is C14H11IN2O2. The molecule has 0 spiro atoms. The molecule has 0 unspecified atom stereocenters. The molecule has 0 bridgehead atoms. The zero-order valence-electron chi connectivity index (χ0n) is 10.2. The number of methoxy groups -OCH3 is 1. The minimum Gasteiger partial charge on any atom is -0.469 e. The summed E-state index contributed by atoms with van der Waals surface area (Å²) in [6, 6.07) is 8.00. The van der Waals surface area contributed by atoms with Crippen molar-refractivity contribution in [2.24, 2.45) is 0 Å². The second-order valence-corrected chi connectivity index (χ2v) is 5.31. The molecule has 2 aromatic heterocycles. The van der Waals surface area contributed by atoms with Crippen LogP contribution in [0.4, 0.5) is 0 Å². The van der Waals surface area contributed by atoms with E-state index in [1.165, 1.54) is 7.11 Å². The highest BCUT2D eigenvalue weighted by molar-refractivity contribution is 14.1. The molecule has 96 valence electrons. The van der Waals surface area contributed by atoms with Crippen LogP contribution in [0.2, 0.25) is 0 Å². The van der Waals surface area contributed by atoms with Gasteiger partial charge in [0.15, 0.2) is 0 Å². The lowest BCUT2D eigenvalue weighted by Gasteiger charge is -1.99. The van der Waals surface area contributed by atoms with Crippen LogP contribution < -0.4 is 0 Å². The molecular weight excluding hydrogens is 355 g/mol. The molecule has 0 atom stereocenters. The summed E-state index contributed by atoms with van der Waals surface area (Å²) in [4.78, 5) is 19.1. The number of nitrogens with one attached hydrogen (secondary N) is 1. The number of hydrogen-bond donors (Lipinski definition) is 1. The van der Waals surface area contributed by atoms with Crippen LogP contribution in [0.5, 0.6) is 0 Å². The van der Waals surface area contributed by atoms with Crippen molar-refractivity contribution in [3.05, 3.63) is 39.7 Å². The number of nitrogens with zero attached hydrogens (tertiary/aromatic N) is 1. The van der Waals surface area contributed by atoms with Crippen LogP contribution in [-0.4, -0.2) is 23.0 Å². The minimum atomic E-state index is -0.248. The van der Waals surface area contributed by atoms with E-state index in [1.807, 2.05) is 24.3 Å². The number of rotatable bonds is 2. The van der Waals surface area contributed by atoms with E-state index in [0.717, 1.165) is 31.1 Å². The number of aromatic nitrogens is 2. The molecule has 0 amide bonds. The van der Waals surface area contributed by atoms with Crippen LogP contribution in [0.15, 0.2) is 30.5 Å². The van der Waals surface area contributed by atoms with Crippen molar-refractivity contribution in [1.29, 1.82) is 0 Å². The Balaban J connectivity index is 2.26. The summed E-state index contributed by atoms with van der Waals surface area (Å²) in [5.41, 5.74) is 2.83. The number of hydrogen-bond acceptors (Lipinski definition) is 3. The lowest BCUT2D eigenvalue weighted by atomic mass is 10.1. The van der Waals surface area contributed by atoms with Crippen LogP contribution in [0.1, 0.15) is 5.69 Å². The van der Waals surface area contributed by atoms with Gasteiger partial charge in [-0.15, -0.1) is 0 Å². The molecule has 4 nitrogen and oxygen atoms in total. The van der Waals surface area contributed by atoms with Crippen LogP contribution in [-0.2, 0) is 16.0 Å². The van der Waals surface area contributed by atoms with E-state index in [-0.39, 0.29) is 12.4 Å². The fourth-order valence-corrected chi connectivity index (χ4v) is 3.05. The molecule has 0 aliphatic rings. The normalized spacial score (nSPS) is 11.1. The van der Waals surface area contributed by atoms with Gasteiger partial charge in [0.1, 0.15) is 0 Å². The number of benzene rings is 1. The predicted molar refractivity (Wildman–Crippen MR) is 82.0 cm³/mol. The Morgan fingerprint density at radius 1 is 1.42 bits per heavy atom. The fourth-order valence-electron chi connectivity index (χ4n) is 2.18. The summed E-state index contributed by atoms with van der Waals surface area (Å²) in [6.45, 7) is 0. The highest BCUT2D eigenvalue weighted by atomic mass is 127. The summed E-state index contributed by atoms with van der Waals surface area (Å²) >= 11 is 2.25. The molecule has 1 N–H and O–H groups in total. The quantitative estimate of drug-likeness (QED) is 0.560. The van der Waals surface area contributed by atoms with E-state index in [2.05, 4.69) is 32.6 Å². The Hall–Kier alpha value is -1.63. The SMILES string of the molecule is COC(=O)Cc1[nH]c2ccc3cccnc3c2c1I. The molecule has 0 aliphatic heterocycles. The van der Waals surface area contributed by atoms with Gasteiger partial charge in [-0.3, -0.25) is 9.78 Å². The van der Waals surface area contributed by atoms with E-state index in [0.29, 0.717) is 0 Å². The molecule has 1 aromatic carbocycles. The van der Waals surface area contributed by atoms with E-state index < -0.39 is 0 Å². The Bertz CT molecular complexity index is 780. The minimum absolute atomic E-state index is 0.248. The van der Waals surface area contributed by atoms with Crippen molar-refractivity contribution in [3.8, 4) is 0 Å². The first-order valence-electron chi connectivity index (χ1n) is 5.81. The number of aromatic amines is 1. The van der Waals surface area contributed by atoms with Gasteiger partial charge in [-0.25, -0.2) is 0 Å². The maximum atomic E-state index is 11.4. The van der Waals surface area contributed by atoms with E-state index in [4.69, 9.17) is 4.74 Å². The molecule has 19 heavy (non-hydrogen) atoms. The first-order chi connectivity index (χ1) is 9.20. The molecule has 0 saturated heterocycles. The number of pyridine rings is 1. The summed E-state index contributed by atoms with van der Waals surface area (Å²) in [5, 5.41) is 2.16. The van der Waals surface area contributed by atoms with Gasteiger partial charge < -0.3 is 9.72 Å². The first kappa shape index (κ1) is 12.4. The van der Waals surface area contributed by atoms with Gasteiger partial charge in [-0.1, -0.05) is 12.1 Å². The number of halogens is 1. The van der Waals surface area contributed by atoms with Crippen molar-refractivity contribution >= 4 is 50.4 Å². The van der Waals surface area contributed by atoms with E-state index in [1.54, 1.807) is 6.20 Å². The topological polar surface area (TPSA) is 55.0 Å². The highest BCUT2D eigenvalue weighted by Gasteiger charge is 2.15. The van der Waals surface area contributed by atoms with Gasteiger partial charge in [-0.2, -0.15) is 0 Å². The number of carbonyl (C=O) groups is 1. The third-order valence-electron chi connectivity index (χ3n) is 3.09. The van der Waals surface area contributed by atoms with Gasteiger partial charge >= 0.3 is 5.97 Å². The number of fused-ring (bicyclic) bond motifs is 3. The van der Waals surface area contributed by atoms with Crippen molar-refractivity contribution in [3.63, 3.8) is 0 Å². The molecule has 3 aromatic rings. The molecule has 3 rings (SSSR count). The average Bonchev–Trinajstić information content (AvgIpc) is 2.76. The van der Waals surface area contributed by atoms with Gasteiger partial charge in [0, 0.05) is 31.8 Å². The lowest BCUT2D eigenvalue weighted by Crippen LogP contribution is -2.05. The Morgan fingerprint density at radius 3 is 3.05 bits per heavy atom. The highest BCUT2D eigenvalue weighted by Crippen LogP contribution is 2.30. The number of H-pyrrole nitrogens is 1. The summed E-state index contributed by atoms with van der Waals surface area (Å²) in [6.07, 6.45) is 2.03. The van der Waals surface area contributed by atoms with Gasteiger partial charge in [0.2, 0.25) is 0 Å². The Morgan fingerprint density at radius 2 is 2.26 bits per heavy atom. The van der Waals surface area contributed by atoms with Gasteiger partial charge in [0.05, 0.1) is 19.0 Å². The third-order valence-corrected chi connectivity index (χ3v) is 4.28. The second kappa shape index (κ2) is 4.80. The fraction of sp³-hybridized carbons (Fsp3) is 0.143. The first-order valence-corrected chi connectivity index (χ1v) is 6.89. The van der Waals surface area contributed by atoms with Crippen molar-refractivity contribution in [1.82, 2.24) is 9.97 Å². The number of esters is 1. The predicted octanol–water partition coefficient (Wildman–Crippen LogP) is 3.04.